The largest absolute Gasteiger partial charge is 0.497 e. The topological polar surface area (TPSA) is 83.1 Å². The molecule has 1 heterocycles. The van der Waals surface area contributed by atoms with Crippen LogP contribution in [0.2, 0.25) is 0 Å². The number of hydrogen-bond donors (Lipinski definition) is 1. The molecule has 0 aromatic heterocycles. The van der Waals surface area contributed by atoms with Crippen molar-refractivity contribution in [2.24, 2.45) is 0 Å². The van der Waals surface area contributed by atoms with Crippen LogP contribution < -0.4 is 19.5 Å². The van der Waals surface area contributed by atoms with Gasteiger partial charge in [-0.3, -0.25) is 4.79 Å². The molecule has 0 spiro atoms. The molecule has 0 radical (unpaired) electrons. The van der Waals surface area contributed by atoms with Crippen LogP contribution in [0.15, 0.2) is 40.9 Å². The molecule has 2 aromatic carbocycles. The van der Waals surface area contributed by atoms with E-state index < -0.39 is 18.5 Å². The highest BCUT2D eigenvalue weighted by Gasteiger charge is 2.16. The van der Waals surface area contributed by atoms with Gasteiger partial charge in [-0.25, -0.2) is 4.79 Å². The molecule has 0 bridgehead atoms. The summed E-state index contributed by atoms with van der Waals surface area (Å²) in [4.78, 5) is 24.3. The van der Waals surface area contributed by atoms with Gasteiger partial charge in [-0.15, -0.1) is 0 Å². The molecule has 8 heteroatoms. The summed E-state index contributed by atoms with van der Waals surface area (Å²) in [6.07, 6.45) is 0.798. The van der Waals surface area contributed by atoms with Crippen LogP contribution in [0.4, 0.5) is 5.69 Å². The lowest BCUT2D eigenvalue weighted by molar-refractivity contribution is -0.119. The third-order valence-electron chi connectivity index (χ3n) is 3.76. The minimum Gasteiger partial charge on any atom is -0.497 e. The minimum absolute atomic E-state index is 0.276. The van der Waals surface area contributed by atoms with Crippen molar-refractivity contribution in [2.45, 2.75) is 6.42 Å². The maximum Gasteiger partial charge on any atom is 0.339 e. The van der Waals surface area contributed by atoms with Gasteiger partial charge < -0.3 is 24.3 Å². The SMILES string of the molecule is COc1ccc(Br)c(C(=O)OCC(=O)Nc2ccc3c(c2)OCCCO3)c1. The Labute approximate surface area is 164 Å². The molecule has 2 aromatic rings. The normalized spacial score (nSPS) is 12.7. The number of nitrogens with one attached hydrogen (secondary N) is 1. The molecular weight excluding hydrogens is 418 g/mol. The maximum atomic E-state index is 12.2. The fraction of sp³-hybridized carbons (Fsp3) is 0.263. The van der Waals surface area contributed by atoms with E-state index in [1.165, 1.54) is 13.2 Å². The van der Waals surface area contributed by atoms with Gasteiger partial charge in [-0.1, -0.05) is 0 Å². The molecular formula is C19H18BrNO6. The van der Waals surface area contributed by atoms with Gasteiger partial charge in [0.2, 0.25) is 0 Å². The average molecular weight is 436 g/mol. The Kier molecular flexibility index (Phi) is 6.18. The van der Waals surface area contributed by atoms with Crippen molar-refractivity contribution >= 4 is 33.5 Å². The monoisotopic (exact) mass is 435 g/mol. The fourth-order valence-corrected chi connectivity index (χ4v) is 2.84. The summed E-state index contributed by atoms with van der Waals surface area (Å²) in [5, 5.41) is 2.67. The second-order valence-electron chi connectivity index (χ2n) is 5.68. The van der Waals surface area contributed by atoms with Crippen LogP contribution in [-0.2, 0) is 9.53 Å². The number of halogens is 1. The van der Waals surface area contributed by atoms with Gasteiger partial charge in [-0.05, 0) is 46.3 Å². The molecule has 3 rings (SSSR count). The van der Waals surface area contributed by atoms with Crippen molar-refractivity contribution < 1.29 is 28.5 Å². The number of carbonyl (C=O) groups excluding carboxylic acids is 2. The number of carbonyl (C=O) groups is 2. The Morgan fingerprint density at radius 2 is 1.89 bits per heavy atom. The van der Waals surface area contributed by atoms with Gasteiger partial charge in [0.15, 0.2) is 18.1 Å². The van der Waals surface area contributed by atoms with Crippen LogP contribution in [-0.4, -0.2) is 38.8 Å². The number of rotatable bonds is 5. The summed E-state index contributed by atoms with van der Waals surface area (Å²) >= 11 is 3.28. The second-order valence-corrected chi connectivity index (χ2v) is 6.54. The molecule has 0 unspecified atom stereocenters. The molecule has 27 heavy (non-hydrogen) atoms. The maximum absolute atomic E-state index is 12.2. The van der Waals surface area contributed by atoms with E-state index in [1.54, 1.807) is 30.3 Å². The van der Waals surface area contributed by atoms with Crippen molar-refractivity contribution in [1.29, 1.82) is 0 Å². The smallest absolute Gasteiger partial charge is 0.339 e. The van der Waals surface area contributed by atoms with Crippen molar-refractivity contribution in [3.63, 3.8) is 0 Å². The number of methoxy groups -OCH3 is 1. The zero-order chi connectivity index (χ0) is 19.2. The second kappa shape index (κ2) is 8.77. The number of anilines is 1. The fourth-order valence-electron chi connectivity index (χ4n) is 2.43. The van der Waals surface area contributed by atoms with Crippen molar-refractivity contribution in [2.75, 3.05) is 32.2 Å². The highest BCUT2D eigenvalue weighted by atomic mass is 79.9. The lowest BCUT2D eigenvalue weighted by atomic mass is 10.2. The number of benzene rings is 2. The Balaban J connectivity index is 1.58. The summed E-state index contributed by atoms with van der Waals surface area (Å²) in [6.45, 7) is 0.725. The quantitative estimate of drug-likeness (QED) is 0.724. The Morgan fingerprint density at radius 1 is 1.11 bits per heavy atom. The summed E-state index contributed by atoms with van der Waals surface area (Å²) < 4.78 is 21.9. The molecule has 0 saturated heterocycles. The number of hydrogen-bond acceptors (Lipinski definition) is 6. The molecule has 1 aliphatic heterocycles. The lowest BCUT2D eigenvalue weighted by Crippen LogP contribution is -2.21. The molecule has 142 valence electrons. The predicted molar refractivity (Wildman–Crippen MR) is 102 cm³/mol. The van der Waals surface area contributed by atoms with E-state index >= 15 is 0 Å². The van der Waals surface area contributed by atoms with E-state index in [0.717, 1.165) is 6.42 Å². The molecule has 0 atom stereocenters. The Morgan fingerprint density at radius 3 is 2.67 bits per heavy atom. The van der Waals surface area contributed by atoms with Gasteiger partial charge in [0.05, 0.1) is 25.9 Å². The first-order valence-electron chi connectivity index (χ1n) is 8.27. The zero-order valence-corrected chi connectivity index (χ0v) is 16.2. The Bertz CT molecular complexity index is 854. The molecule has 0 saturated carbocycles. The average Bonchev–Trinajstić information content (AvgIpc) is 2.91. The van der Waals surface area contributed by atoms with E-state index in [1.807, 2.05) is 0 Å². The van der Waals surface area contributed by atoms with Crippen LogP contribution in [0.1, 0.15) is 16.8 Å². The molecule has 1 N–H and O–H groups in total. The van der Waals surface area contributed by atoms with Crippen molar-refractivity contribution in [3.05, 3.63) is 46.4 Å². The van der Waals surface area contributed by atoms with Crippen molar-refractivity contribution in [1.82, 2.24) is 0 Å². The summed E-state index contributed by atoms with van der Waals surface area (Å²) in [5.74, 6) is 0.635. The van der Waals surface area contributed by atoms with Gasteiger partial charge in [-0.2, -0.15) is 0 Å². The zero-order valence-electron chi connectivity index (χ0n) is 14.6. The highest BCUT2D eigenvalue weighted by molar-refractivity contribution is 9.10. The van der Waals surface area contributed by atoms with Crippen LogP contribution in [0, 0.1) is 0 Å². The Hall–Kier alpha value is -2.74. The van der Waals surface area contributed by atoms with E-state index in [9.17, 15) is 9.59 Å². The molecule has 1 aliphatic rings. The van der Waals surface area contributed by atoms with Crippen LogP contribution in [0.5, 0.6) is 17.2 Å². The standard InChI is InChI=1S/C19H18BrNO6/c1-24-13-4-5-15(20)14(10-13)19(23)27-11-18(22)21-12-3-6-16-17(9-12)26-8-2-7-25-16/h3-6,9-10H,2,7-8,11H2,1H3,(H,21,22). The van der Waals surface area contributed by atoms with Crippen LogP contribution in [0.25, 0.3) is 0 Å². The third-order valence-corrected chi connectivity index (χ3v) is 4.45. The number of ether oxygens (including phenoxy) is 4. The molecule has 1 amide bonds. The minimum atomic E-state index is -0.630. The summed E-state index contributed by atoms with van der Waals surface area (Å²) in [7, 11) is 1.50. The molecule has 0 aliphatic carbocycles. The summed E-state index contributed by atoms with van der Waals surface area (Å²) in [6, 6.07) is 10.0. The van der Waals surface area contributed by atoms with Gasteiger partial charge in [0.1, 0.15) is 5.75 Å². The van der Waals surface area contributed by atoms with E-state index in [-0.39, 0.29) is 5.56 Å². The van der Waals surface area contributed by atoms with E-state index in [0.29, 0.717) is 40.6 Å². The van der Waals surface area contributed by atoms with Crippen LogP contribution >= 0.6 is 15.9 Å². The van der Waals surface area contributed by atoms with E-state index in [4.69, 9.17) is 18.9 Å². The van der Waals surface area contributed by atoms with E-state index in [2.05, 4.69) is 21.2 Å². The van der Waals surface area contributed by atoms with Gasteiger partial charge in [0.25, 0.3) is 5.91 Å². The number of amides is 1. The van der Waals surface area contributed by atoms with Crippen molar-refractivity contribution in [3.8, 4) is 17.2 Å². The number of fused-ring (bicyclic) bond motifs is 1. The third kappa shape index (κ3) is 4.91. The van der Waals surface area contributed by atoms with Gasteiger partial charge in [0, 0.05) is 22.6 Å². The first kappa shape index (κ1) is 19.0. The predicted octanol–water partition coefficient (Wildman–Crippen LogP) is 3.41. The van der Waals surface area contributed by atoms with Crippen LogP contribution in [0.3, 0.4) is 0 Å². The lowest BCUT2D eigenvalue weighted by Gasteiger charge is -2.11. The molecule has 7 nitrogen and oxygen atoms in total. The highest BCUT2D eigenvalue weighted by Crippen LogP contribution is 2.32. The summed E-state index contributed by atoms with van der Waals surface area (Å²) in [5.41, 5.74) is 0.806. The first-order valence-corrected chi connectivity index (χ1v) is 9.06. The number of esters is 1. The molecule has 0 fully saturated rings. The first-order chi connectivity index (χ1) is 13.1. The van der Waals surface area contributed by atoms with Gasteiger partial charge >= 0.3 is 5.97 Å².